The van der Waals surface area contributed by atoms with Crippen LogP contribution in [0.1, 0.15) is 188 Å². The van der Waals surface area contributed by atoms with Crippen molar-refractivity contribution in [3.63, 3.8) is 0 Å². The molecular formula is C57H88O6. The molecule has 0 saturated heterocycles. The minimum atomic E-state index is -0.824. The van der Waals surface area contributed by atoms with Crippen LogP contribution in [0.4, 0.5) is 0 Å². The Morgan fingerprint density at radius 1 is 0.333 bits per heavy atom. The van der Waals surface area contributed by atoms with E-state index >= 15 is 0 Å². The molecule has 0 aromatic carbocycles. The number of allylic oxidation sites excluding steroid dienone is 22. The van der Waals surface area contributed by atoms with Gasteiger partial charge in [0.1, 0.15) is 13.2 Å². The Bertz CT molecular complexity index is 1420. The number of hydrogen-bond donors (Lipinski definition) is 0. The van der Waals surface area contributed by atoms with Crippen molar-refractivity contribution in [1.82, 2.24) is 0 Å². The second-order valence-corrected chi connectivity index (χ2v) is 15.6. The second kappa shape index (κ2) is 50.2. The molecule has 1 atom stereocenters. The van der Waals surface area contributed by atoms with Gasteiger partial charge in [0, 0.05) is 19.3 Å². The fourth-order valence-electron chi connectivity index (χ4n) is 6.02. The minimum Gasteiger partial charge on any atom is -0.462 e. The van der Waals surface area contributed by atoms with Gasteiger partial charge >= 0.3 is 17.9 Å². The summed E-state index contributed by atoms with van der Waals surface area (Å²) in [5.41, 5.74) is 0. The van der Waals surface area contributed by atoms with Crippen LogP contribution >= 0.6 is 0 Å². The Kier molecular flexibility index (Phi) is 46.7. The monoisotopic (exact) mass is 869 g/mol. The number of hydrogen-bond acceptors (Lipinski definition) is 6. The molecule has 0 radical (unpaired) electrons. The van der Waals surface area contributed by atoms with Crippen LogP contribution in [0.25, 0.3) is 0 Å². The molecule has 0 rings (SSSR count). The van der Waals surface area contributed by atoms with Crippen molar-refractivity contribution < 1.29 is 28.6 Å². The van der Waals surface area contributed by atoms with E-state index in [-0.39, 0.29) is 31.6 Å². The number of rotatable bonds is 42. The number of esters is 3. The second-order valence-electron chi connectivity index (χ2n) is 15.6. The van der Waals surface area contributed by atoms with E-state index in [2.05, 4.69) is 142 Å². The predicted octanol–water partition coefficient (Wildman–Crippen LogP) is 16.3. The Labute approximate surface area is 385 Å². The SMILES string of the molecule is CC/C=C\C/C=C\C/C=C\C/C=C\C/C=C\C/C=C\C/C=C\CCCCCCCC(=O)OCC(COC(=O)CCCCCCC)OC(=O)CC/C=C\C/C=C\C/C=C\C/C=C\CC. The van der Waals surface area contributed by atoms with Gasteiger partial charge in [0.05, 0.1) is 0 Å². The Balaban J connectivity index is 4.26. The van der Waals surface area contributed by atoms with Gasteiger partial charge in [-0.15, -0.1) is 0 Å². The Hall–Kier alpha value is -4.45. The number of carbonyl (C=O) groups excluding carboxylic acids is 3. The van der Waals surface area contributed by atoms with Crippen molar-refractivity contribution in [2.45, 2.75) is 194 Å². The van der Waals surface area contributed by atoms with Crippen LogP contribution in [-0.4, -0.2) is 37.2 Å². The normalized spacial score (nSPS) is 13.3. The van der Waals surface area contributed by atoms with E-state index in [1.54, 1.807) is 0 Å². The van der Waals surface area contributed by atoms with Crippen molar-refractivity contribution in [3.8, 4) is 0 Å². The van der Waals surface area contributed by atoms with Crippen LogP contribution in [0.2, 0.25) is 0 Å². The fourth-order valence-corrected chi connectivity index (χ4v) is 6.02. The zero-order chi connectivity index (χ0) is 45.8. The lowest BCUT2D eigenvalue weighted by molar-refractivity contribution is -0.166. The molecule has 0 saturated carbocycles. The van der Waals surface area contributed by atoms with Crippen molar-refractivity contribution >= 4 is 17.9 Å². The zero-order valence-electron chi connectivity index (χ0n) is 40.0. The maximum absolute atomic E-state index is 12.6. The molecule has 0 aromatic rings. The highest BCUT2D eigenvalue weighted by Crippen LogP contribution is 2.11. The molecule has 1 unspecified atom stereocenters. The number of carbonyl (C=O) groups is 3. The van der Waals surface area contributed by atoms with Gasteiger partial charge in [-0.3, -0.25) is 14.4 Å². The molecule has 0 fully saturated rings. The molecule has 0 heterocycles. The smallest absolute Gasteiger partial charge is 0.306 e. The van der Waals surface area contributed by atoms with Gasteiger partial charge in [-0.1, -0.05) is 199 Å². The first-order valence-electron chi connectivity index (χ1n) is 24.7. The minimum absolute atomic E-state index is 0.118. The average molecular weight is 869 g/mol. The third-order valence-electron chi connectivity index (χ3n) is 9.66. The first kappa shape index (κ1) is 58.6. The van der Waals surface area contributed by atoms with Gasteiger partial charge in [0.2, 0.25) is 0 Å². The van der Waals surface area contributed by atoms with Crippen molar-refractivity contribution in [2.24, 2.45) is 0 Å². The first-order chi connectivity index (χ1) is 31.0. The molecule has 6 heteroatoms. The van der Waals surface area contributed by atoms with Crippen molar-refractivity contribution in [3.05, 3.63) is 134 Å². The fraction of sp³-hybridized carbons (Fsp3) is 0.561. The largest absolute Gasteiger partial charge is 0.462 e. The van der Waals surface area contributed by atoms with Crippen LogP contribution in [0.5, 0.6) is 0 Å². The summed E-state index contributed by atoms with van der Waals surface area (Å²) in [7, 11) is 0. The van der Waals surface area contributed by atoms with Crippen molar-refractivity contribution in [2.75, 3.05) is 13.2 Å². The molecular weight excluding hydrogens is 781 g/mol. The van der Waals surface area contributed by atoms with Crippen LogP contribution in [0, 0.1) is 0 Å². The van der Waals surface area contributed by atoms with Gasteiger partial charge in [0.25, 0.3) is 0 Å². The molecule has 0 spiro atoms. The van der Waals surface area contributed by atoms with Crippen molar-refractivity contribution in [1.29, 1.82) is 0 Å². The highest BCUT2D eigenvalue weighted by molar-refractivity contribution is 5.71. The molecule has 0 aliphatic rings. The molecule has 0 aromatic heterocycles. The summed E-state index contributed by atoms with van der Waals surface area (Å²) in [5.74, 6) is -1.05. The van der Waals surface area contributed by atoms with Crippen LogP contribution in [0.15, 0.2) is 134 Å². The maximum Gasteiger partial charge on any atom is 0.306 e. The summed E-state index contributed by atoms with van der Waals surface area (Å²) in [6.07, 6.45) is 70.6. The molecule has 352 valence electrons. The molecule has 0 N–H and O–H groups in total. The molecule has 0 amide bonds. The van der Waals surface area contributed by atoms with E-state index in [0.29, 0.717) is 19.3 Å². The summed E-state index contributed by atoms with van der Waals surface area (Å²) < 4.78 is 16.5. The summed E-state index contributed by atoms with van der Waals surface area (Å²) in [6.45, 7) is 6.20. The first-order valence-corrected chi connectivity index (χ1v) is 24.7. The Morgan fingerprint density at radius 3 is 1.03 bits per heavy atom. The van der Waals surface area contributed by atoms with E-state index in [9.17, 15) is 14.4 Å². The average Bonchev–Trinajstić information content (AvgIpc) is 3.28. The molecule has 0 bridgehead atoms. The molecule has 0 aliphatic carbocycles. The van der Waals surface area contributed by atoms with E-state index in [4.69, 9.17) is 14.2 Å². The summed E-state index contributed by atoms with van der Waals surface area (Å²) in [4.78, 5) is 37.5. The van der Waals surface area contributed by atoms with Gasteiger partial charge in [-0.2, -0.15) is 0 Å². The quantitative estimate of drug-likeness (QED) is 0.0263. The maximum atomic E-state index is 12.6. The topological polar surface area (TPSA) is 78.9 Å². The van der Waals surface area contributed by atoms with Crippen LogP contribution in [0.3, 0.4) is 0 Å². The standard InChI is InChI=1S/C57H88O6/c1-4-7-10-13-15-17-19-21-22-23-24-25-26-27-28-29-30-31-32-33-34-36-37-39-41-44-47-50-56(59)62-53-54(52-61-55(58)49-46-43-12-9-6-3)63-57(60)51-48-45-42-40-38-35-20-18-16-14-11-8-5-2/h7-8,10-11,15-18,21-22,24-25,27-28,30-31,33-35,38,42,45,54H,4-6,9,12-14,19-20,23,26,29,32,36-37,39-41,43-44,46-53H2,1-3H3/b10-7-,11-8-,17-15-,18-16-,22-21-,25-24-,28-27-,31-30-,34-33-,38-35-,45-42-. The lowest BCUT2D eigenvalue weighted by Gasteiger charge is -2.18. The van der Waals surface area contributed by atoms with Gasteiger partial charge in [-0.25, -0.2) is 0 Å². The molecule has 6 nitrogen and oxygen atoms in total. The highest BCUT2D eigenvalue weighted by atomic mass is 16.6. The Morgan fingerprint density at radius 2 is 0.651 bits per heavy atom. The number of ether oxygens (including phenoxy) is 3. The van der Waals surface area contributed by atoms with E-state index in [0.717, 1.165) is 141 Å². The molecule has 63 heavy (non-hydrogen) atoms. The van der Waals surface area contributed by atoms with E-state index in [1.165, 1.54) is 0 Å². The van der Waals surface area contributed by atoms with Gasteiger partial charge in [-0.05, 0) is 103 Å². The highest BCUT2D eigenvalue weighted by Gasteiger charge is 2.19. The summed E-state index contributed by atoms with van der Waals surface area (Å²) >= 11 is 0. The summed E-state index contributed by atoms with van der Waals surface area (Å²) in [6, 6.07) is 0. The number of unbranched alkanes of at least 4 members (excludes halogenated alkanes) is 9. The molecule has 0 aliphatic heterocycles. The third-order valence-corrected chi connectivity index (χ3v) is 9.66. The van der Waals surface area contributed by atoms with E-state index < -0.39 is 12.1 Å². The van der Waals surface area contributed by atoms with Crippen LogP contribution < -0.4 is 0 Å². The van der Waals surface area contributed by atoms with E-state index in [1.807, 2.05) is 12.2 Å². The lowest BCUT2D eigenvalue weighted by Crippen LogP contribution is -2.30. The van der Waals surface area contributed by atoms with Crippen LogP contribution in [-0.2, 0) is 28.6 Å². The van der Waals surface area contributed by atoms with Gasteiger partial charge < -0.3 is 14.2 Å². The van der Waals surface area contributed by atoms with Gasteiger partial charge in [0.15, 0.2) is 6.10 Å². The lowest BCUT2D eigenvalue weighted by atomic mass is 10.1. The summed E-state index contributed by atoms with van der Waals surface area (Å²) in [5, 5.41) is 0. The zero-order valence-corrected chi connectivity index (χ0v) is 40.0. The predicted molar refractivity (Wildman–Crippen MR) is 269 cm³/mol. The third kappa shape index (κ3) is 48.4.